The van der Waals surface area contributed by atoms with Crippen LogP contribution < -0.4 is 5.32 Å². The molecule has 0 unspecified atom stereocenters. The van der Waals surface area contributed by atoms with Gasteiger partial charge in [-0.15, -0.1) is 0 Å². The number of amides is 1. The van der Waals surface area contributed by atoms with Crippen LogP contribution in [0.4, 0.5) is 4.79 Å². The standard InChI is InChI=1S/C20H29N3O2/c1-4-5-12-25-20(24)21-11-10-19-22-14-18(23-19)17-8-6-16(7-9-17)13-15(2)3/h6-9,14-15H,4-5,10-13H2,1-3H3,(H,21,24)(H,22,23). The molecule has 0 aliphatic heterocycles. The van der Waals surface area contributed by atoms with E-state index >= 15 is 0 Å². The van der Waals surface area contributed by atoms with Crippen molar-refractivity contribution < 1.29 is 9.53 Å². The van der Waals surface area contributed by atoms with Gasteiger partial charge in [-0.25, -0.2) is 9.78 Å². The molecule has 0 fully saturated rings. The number of aromatic amines is 1. The zero-order valence-corrected chi connectivity index (χ0v) is 15.5. The summed E-state index contributed by atoms with van der Waals surface area (Å²) in [5.41, 5.74) is 3.47. The maximum absolute atomic E-state index is 11.5. The first-order valence-corrected chi connectivity index (χ1v) is 9.12. The summed E-state index contributed by atoms with van der Waals surface area (Å²) in [6.07, 6.45) is 5.13. The first-order valence-electron chi connectivity index (χ1n) is 9.12. The highest BCUT2D eigenvalue weighted by Gasteiger charge is 2.06. The van der Waals surface area contributed by atoms with Gasteiger partial charge in [-0.1, -0.05) is 51.5 Å². The van der Waals surface area contributed by atoms with E-state index in [1.54, 1.807) is 0 Å². The smallest absolute Gasteiger partial charge is 0.407 e. The van der Waals surface area contributed by atoms with E-state index in [2.05, 4.69) is 60.3 Å². The molecule has 0 atom stereocenters. The average molecular weight is 343 g/mol. The maximum atomic E-state index is 11.5. The largest absolute Gasteiger partial charge is 0.450 e. The van der Waals surface area contributed by atoms with Gasteiger partial charge >= 0.3 is 6.09 Å². The molecule has 0 aliphatic carbocycles. The quantitative estimate of drug-likeness (QED) is 0.665. The fraction of sp³-hybridized carbons (Fsp3) is 0.500. The van der Waals surface area contributed by atoms with E-state index in [1.165, 1.54) is 5.56 Å². The summed E-state index contributed by atoms with van der Waals surface area (Å²) in [6.45, 7) is 7.49. The predicted octanol–water partition coefficient (Wildman–Crippen LogP) is 4.34. The molecule has 0 aliphatic rings. The third-order valence-electron chi connectivity index (χ3n) is 3.90. The molecule has 1 amide bonds. The number of benzene rings is 1. The number of rotatable bonds is 9. The summed E-state index contributed by atoms with van der Waals surface area (Å²) in [7, 11) is 0. The van der Waals surface area contributed by atoms with Crippen molar-refractivity contribution in [1.82, 2.24) is 15.3 Å². The molecule has 5 nitrogen and oxygen atoms in total. The number of nitrogens with one attached hydrogen (secondary N) is 2. The number of nitrogens with zero attached hydrogens (tertiary/aromatic N) is 1. The van der Waals surface area contributed by atoms with E-state index in [1.807, 2.05) is 6.20 Å². The topological polar surface area (TPSA) is 67.0 Å². The van der Waals surface area contributed by atoms with Gasteiger partial charge in [-0.3, -0.25) is 0 Å². The van der Waals surface area contributed by atoms with Gasteiger partial charge in [-0.05, 0) is 29.9 Å². The molecule has 0 radical (unpaired) electrons. The van der Waals surface area contributed by atoms with Crippen molar-refractivity contribution in [1.29, 1.82) is 0 Å². The lowest BCUT2D eigenvalue weighted by atomic mass is 10.0. The first-order chi connectivity index (χ1) is 12.1. The number of carbonyl (C=O) groups excluding carboxylic acids is 1. The lowest BCUT2D eigenvalue weighted by molar-refractivity contribution is 0.144. The van der Waals surface area contributed by atoms with E-state index in [0.29, 0.717) is 25.5 Å². The van der Waals surface area contributed by atoms with E-state index in [0.717, 1.165) is 36.3 Å². The Bertz CT molecular complexity index is 647. The molecule has 5 heteroatoms. The Morgan fingerprint density at radius 3 is 2.72 bits per heavy atom. The van der Waals surface area contributed by atoms with Gasteiger partial charge in [0.1, 0.15) is 5.82 Å². The highest BCUT2D eigenvalue weighted by atomic mass is 16.5. The Morgan fingerprint density at radius 2 is 2.04 bits per heavy atom. The molecule has 0 saturated carbocycles. The summed E-state index contributed by atoms with van der Waals surface area (Å²) >= 11 is 0. The zero-order valence-electron chi connectivity index (χ0n) is 15.5. The van der Waals surface area contributed by atoms with Crippen molar-refractivity contribution in [2.24, 2.45) is 5.92 Å². The number of H-pyrrole nitrogens is 1. The Hall–Kier alpha value is -2.30. The fourth-order valence-corrected chi connectivity index (χ4v) is 2.57. The molecule has 1 aromatic heterocycles. The van der Waals surface area contributed by atoms with Crippen LogP contribution in [-0.2, 0) is 17.6 Å². The summed E-state index contributed by atoms with van der Waals surface area (Å²) in [5, 5.41) is 2.74. The number of unbranched alkanes of at least 4 members (excludes halogenated alkanes) is 1. The number of carbonyl (C=O) groups is 1. The van der Waals surface area contributed by atoms with Crippen molar-refractivity contribution in [3.05, 3.63) is 41.9 Å². The van der Waals surface area contributed by atoms with Gasteiger partial charge in [0.05, 0.1) is 18.5 Å². The minimum absolute atomic E-state index is 0.360. The van der Waals surface area contributed by atoms with Gasteiger partial charge < -0.3 is 15.0 Å². The second-order valence-corrected chi connectivity index (χ2v) is 6.70. The second-order valence-electron chi connectivity index (χ2n) is 6.70. The van der Waals surface area contributed by atoms with Crippen LogP contribution in [0.15, 0.2) is 30.5 Å². The van der Waals surface area contributed by atoms with Gasteiger partial charge in [-0.2, -0.15) is 0 Å². The average Bonchev–Trinajstić information content (AvgIpc) is 3.04. The van der Waals surface area contributed by atoms with Gasteiger partial charge in [0.25, 0.3) is 0 Å². The molecule has 0 bridgehead atoms. The lowest BCUT2D eigenvalue weighted by Gasteiger charge is -2.06. The Balaban J connectivity index is 1.80. The molecule has 25 heavy (non-hydrogen) atoms. The van der Waals surface area contributed by atoms with Crippen molar-refractivity contribution >= 4 is 6.09 Å². The fourth-order valence-electron chi connectivity index (χ4n) is 2.57. The van der Waals surface area contributed by atoms with Crippen LogP contribution in [0.3, 0.4) is 0 Å². The predicted molar refractivity (Wildman–Crippen MR) is 101 cm³/mol. The monoisotopic (exact) mass is 343 g/mol. The maximum Gasteiger partial charge on any atom is 0.407 e. The molecule has 0 saturated heterocycles. The SMILES string of the molecule is CCCCOC(=O)NCCc1ncc(-c2ccc(CC(C)C)cc2)[nH]1. The third-order valence-corrected chi connectivity index (χ3v) is 3.90. The van der Waals surface area contributed by atoms with Crippen LogP contribution in [0.25, 0.3) is 11.3 Å². The number of aromatic nitrogens is 2. The van der Waals surface area contributed by atoms with Crippen molar-refractivity contribution in [3.8, 4) is 11.3 Å². The normalized spacial score (nSPS) is 10.9. The summed E-state index contributed by atoms with van der Waals surface area (Å²) in [5.74, 6) is 1.51. The van der Waals surface area contributed by atoms with Crippen LogP contribution in [0.5, 0.6) is 0 Å². The molecule has 136 valence electrons. The highest BCUT2D eigenvalue weighted by Crippen LogP contribution is 2.19. The van der Waals surface area contributed by atoms with Crippen LogP contribution in [-0.4, -0.2) is 29.2 Å². The number of imidazole rings is 1. The van der Waals surface area contributed by atoms with Crippen LogP contribution in [0, 0.1) is 5.92 Å². The van der Waals surface area contributed by atoms with Gasteiger partial charge in [0.2, 0.25) is 0 Å². The van der Waals surface area contributed by atoms with Crippen LogP contribution >= 0.6 is 0 Å². The van der Waals surface area contributed by atoms with Crippen LogP contribution in [0.2, 0.25) is 0 Å². The number of hydrogen-bond donors (Lipinski definition) is 2. The summed E-state index contributed by atoms with van der Waals surface area (Å²) in [4.78, 5) is 19.2. The number of hydrogen-bond acceptors (Lipinski definition) is 3. The lowest BCUT2D eigenvalue weighted by Crippen LogP contribution is -2.27. The van der Waals surface area contributed by atoms with Gasteiger partial charge in [0.15, 0.2) is 0 Å². The van der Waals surface area contributed by atoms with E-state index < -0.39 is 0 Å². The number of ether oxygens (including phenoxy) is 1. The van der Waals surface area contributed by atoms with Crippen molar-refractivity contribution in [2.75, 3.05) is 13.2 Å². The minimum atomic E-state index is -0.360. The van der Waals surface area contributed by atoms with Crippen molar-refractivity contribution in [2.45, 2.75) is 46.5 Å². The van der Waals surface area contributed by atoms with Crippen molar-refractivity contribution in [3.63, 3.8) is 0 Å². The molecule has 2 rings (SSSR count). The van der Waals surface area contributed by atoms with Crippen LogP contribution in [0.1, 0.15) is 45.0 Å². The zero-order chi connectivity index (χ0) is 18.1. The molecule has 1 aromatic carbocycles. The van der Waals surface area contributed by atoms with Gasteiger partial charge in [0, 0.05) is 13.0 Å². The molecule has 2 aromatic rings. The first kappa shape index (κ1) is 19.0. The highest BCUT2D eigenvalue weighted by molar-refractivity contribution is 5.67. The number of alkyl carbamates (subject to hydrolysis) is 1. The summed E-state index contributed by atoms with van der Waals surface area (Å²) < 4.78 is 5.05. The molecular weight excluding hydrogens is 314 g/mol. The Morgan fingerprint density at radius 1 is 1.28 bits per heavy atom. The van der Waals surface area contributed by atoms with E-state index in [9.17, 15) is 4.79 Å². The van der Waals surface area contributed by atoms with E-state index in [-0.39, 0.29) is 6.09 Å². The third kappa shape index (κ3) is 6.61. The molecule has 0 spiro atoms. The Kier molecular flexibility index (Phi) is 7.51. The molecule has 2 N–H and O–H groups in total. The molecule has 1 heterocycles. The molecular formula is C20H29N3O2. The minimum Gasteiger partial charge on any atom is -0.450 e. The summed E-state index contributed by atoms with van der Waals surface area (Å²) in [6, 6.07) is 8.59. The second kappa shape index (κ2) is 9.87. The van der Waals surface area contributed by atoms with E-state index in [4.69, 9.17) is 4.74 Å². The Labute approximate surface area is 150 Å².